The topological polar surface area (TPSA) is 154 Å². The lowest BCUT2D eigenvalue weighted by atomic mass is 10.1. The SMILES string of the molecule is O=C(Nc1ccc(-c2cc(C(=O)N[C@@H](CO)C(=O)O)on2)cc1)Nc1ccccc1F. The van der Waals surface area contributed by atoms with Gasteiger partial charge in [0, 0.05) is 17.3 Å². The van der Waals surface area contributed by atoms with Gasteiger partial charge in [0.1, 0.15) is 11.5 Å². The molecule has 10 nitrogen and oxygen atoms in total. The van der Waals surface area contributed by atoms with Crippen LogP contribution in [0.15, 0.2) is 59.1 Å². The Kier molecular flexibility index (Phi) is 6.58. The van der Waals surface area contributed by atoms with E-state index in [4.69, 9.17) is 14.7 Å². The maximum Gasteiger partial charge on any atom is 0.328 e. The number of carboxylic acid groups (broad SMARTS) is 1. The fourth-order valence-corrected chi connectivity index (χ4v) is 2.50. The molecule has 1 aromatic heterocycles. The molecule has 0 saturated heterocycles. The highest BCUT2D eigenvalue weighted by Gasteiger charge is 2.22. The van der Waals surface area contributed by atoms with Gasteiger partial charge in [-0.3, -0.25) is 4.79 Å². The molecule has 3 rings (SSSR count). The molecule has 31 heavy (non-hydrogen) atoms. The highest BCUT2D eigenvalue weighted by atomic mass is 19.1. The maximum absolute atomic E-state index is 13.6. The van der Waals surface area contributed by atoms with E-state index in [1.54, 1.807) is 30.3 Å². The summed E-state index contributed by atoms with van der Waals surface area (Å²) in [6, 6.07) is 11.3. The molecule has 0 aliphatic carbocycles. The summed E-state index contributed by atoms with van der Waals surface area (Å²) in [5.41, 5.74) is 1.31. The first-order valence-electron chi connectivity index (χ1n) is 8.91. The molecule has 2 aromatic carbocycles. The lowest BCUT2D eigenvalue weighted by Crippen LogP contribution is -2.43. The number of aliphatic carboxylic acids is 1. The third-order valence-corrected chi connectivity index (χ3v) is 4.08. The van der Waals surface area contributed by atoms with Crippen LogP contribution in [0.5, 0.6) is 0 Å². The Labute approximate surface area is 174 Å². The van der Waals surface area contributed by atoms with Crippen molar-refractivity contribution in [3.05, 3.63) is 66.2 Å². The first-order valence-corrected chi connectivity index (χ1v) is 8.91. The number of amides is 3. The third-order valence-electron chi connectivity index (χ3n) is 4.08. The molecule has 0 saturated carbocycles. The lowest BCUT2D eigenvalue weighted by molar-refractivity contribution is -0.140. The number of anilines is 2. The Balaban J connectivity index is 1.63. The van der Waals surface area contributed by atoms with E-state index >= 15 is 0 Å². The standard InChI is InChI=1S/C20H17FN4O6/c21-13-3-1-2-4-14(13)24-20(30)22-12-7-5-11(6-8-12)15-9-17(31-25-15)18(27)23-16(10-26)19(28)29/h1-9,16,26H,10H2,(H,23,27)(H,28,29)(H2,22,24,30)/t16-/m0/s1. The molecule has 3 aromatic rings. The molecule has 0 fully saturated rings. The Morgan fingerprint density at radius 1 is 1.06 bits per heavy atom. The Hall–Kier alpha value is -4.25. The molecule has 0 spiro atoms. The largest absolute Gasteiger partial charge is 0.480 e. The average Bonchev–Trinajstić information content (AvgIpc) is 3.24. The van der Waals surface area contributed by atoms with E-state index in [2.05, 4.69) is 21.1 Å². The summed E-state index contributed by atoms with van der Waals surface area (Å²) >= 11 is 0. The molecular formula is C20H17FN4O6. The number of nitrogens with zero attached hydrogens (tertiary/aromatic N) is 1. The molecule has 3 amide bonds. The minimum Gasteiger partial charge on any atom is -0.480 e. The van der Waals surface area contributed by atoms with Gasteiger partial charge < -0.3 is 30.7 Å². The molecule has 0 aliphatic rings. The van der Waals surface area contributed by atoms with Crippen LogP contribution in [-0.2, 0) is 4.79 Å². The average molecular weight is 428 g/mol. The van der Waals surface area contributed by atoms with E-state index in [-0.39, 0.29) is 11.4 Å². The second kappa shape index (κ2) is 9.50. The summed E-state index contributed by atoms with van der Waals surface area (Å²) in [7, 11) is 0. The first kappa shape index (κ1) is 21.5. The van der Waals surface area contributed by atoms with Gasteiger partial charge in [-0.05, 0) is 24.3 Å². The predicted octanol–water partition coefficient (Wildman–Crippen LogP) is 2.30. The summed E-state index contributed by atoms with van der Waals surface area (Å²) < 4.78 is 18.5. The van der Waals surface area contributed by atoms with Crippen molar-refractivity contribution in [2.75, 3.05) is 17.2 Å². The molecule has 0 bridgehead atoms. The number of carboxylic acids is 1. The van der Waals surface area contributed by atoms with Crippen LogP contribution in [0.2, 0.25) is 0 Å². The lowest BCUT2D eigenvalue weighted by Gasteiger charge is -2.09. The van der Waals surface area contributed by atoms with Crippen LogP contribution in [-0.4, -0.2) is 45.9 Å². The zero-order valence-corrected chi connectivity index (χ0v) is 15.8. The van der Waals surface area contributed by atoms with Gasteiger partial charge >= 0.3 is 12.0 Å². The second-order valence-corrected chi connectivity index (χ2v) is 6.26. The number of halogens is 1. The predicted molar refractivity (Wildman–Crippen MR) is 107 cm³/mol. The molecule has 0 radical (unpaired) electrons. The summed E-state index contributed by atoms with van der Waals surface area (Å²) in [5.74, 6) is -3.03. The smallest absolute Gasteiger partial charge is 0.328 e. The summed E-state index contributed by atoms with van der Waals surface area (Å²) in [6.45, 7) is -0.777. The Morgan fingerprint density at radius 3 is 2.42 bits per heavy atom. The number of nitrogens with one attached hydrogen (secondary N) is 3. The van der Waals surface area contributed by atoms with Crippen molar-refractivity contribution in [2.45, 2.75) is 6.04 Å². The number of carbonyl (C=O) groups excluding carboxylic acids is 2. The Bertz CT molecular complexity index is 1100. The van der Waals surface area contributed by atoms with Crippen LogP contribution in [0.4, 0.5) is 20.6 Å². The van der Waals surface area contributed by atoms with E-state index in [1.165, 1.54) is 24.3 Å². The van der Waals surface area contributed by atoms with Gasteiger partial charge in [-0.15, -0.1) is 0 Å². The molecule has 0 unspecified atom stereocenters. The minimum absolute atomic E-state index is 0.0383. The van der Waals surface area contributed by atoms with Crippen LogP contribution in [0.3, 0.4) is 0 Å². The van der Waals surface area contributed by atoms with E-state index < -0.39 is 36.4 Å². The van der Waals surface area contributed by atoms with Gasteiger partial charge in [0.05, 0.1) is 12.3 Å². The van der Waals surface area contributed by atoms with Crippen LogP contribution in [0.1, 0.15) is 10.6 Å². The quantitative estimate of drug-likeness (QED) is 0.387. The zero-order chi connectivity index (χ0) is 22.4. The van der Waals surface area contributed by atoms with Crippen molar-refractivity contribution >= 4 is 29.3 Å². The van der Waals surface area contributed by atoms with Gasteiger partial charge in [0.25, 0.3) is 5.91 Å². The summed E-state index contributed by atoms with van der Waals surface area (Å²) in [5, 5.41) is 28.6. The number of hydrogen-bond acceptors (Lipinski definition) is 6. The van der Waals surface area contributed by atoms with Crippen LogP contribution in [0.25, 0.3) is 11.3 Å². The monoisotopic (exact) mass is 428 g/mol. The van der Waals surface area contributed by atoms with Crippen molar-refractivity contribution < 1.29 is 33.5 Å². The number of rotatable bonds is 7. The molecule has 5 N–H and O–H groups in total. The van der Waals surface area contributed by atoms with Crippen LogP contribution >= 0.6 is 0 Å². The number of aliphatic hydroxyl groups is 1. The van der Waals surface area contributed by atoms with Gasteiger partial charge in [0.15, 0.2) is 6.04 Å². The normalized spacial score (nSPS) is 11.4. The van der Waals surface area contributed by atoms with Crippen molar-refractivity contribution in [3.63, 3.8) is 0 Å². The van der Waals surface area contributed by atoms with Gasteiger partial charge in [-0.2, -0.15) is 0 Å². The van der Waals surface area contributed by atoms with Crippen molar-refractivity contribution in [3.8, 4) is 11.3 Å². The highest BCUT2D eigenvalue weighted by molar-refractivity contribution is 6.00. The zero-order valence-electron chi connectivity index (χ0n) is 15.8. The van der Waals surface area contributed by atoms with E-state index in [1.807, 2.05) is 0 Å². The number of carbonyl (C=O) groups is 3. The number of urea groups is 1. The molecule has 160 valence electrons. The molecule has 11 heteroatoms. The summed E-state index contributed by atoms with van der Waals surface area (Å²) in [6.07, 6.45) is 0. The van der Waals surface area contributed by atoms with E-state index in [0.717, 1.165) is 0 Å². The number of aliphatic hydroxyl groups excluding tert-OH is 1. The minimum atomic E-state index is -1.47. The fourth-order valence-electron chi connectivity index (χ4n) is 2.50. The fraction of sp³-hybridized carbons (Fsp3) is 0.100. The summed E-state index contributed by atoms with van der Waals surface area (Å²) in [4.78, 5) is 34.9. The van der Waals surface area contributed by atoms with E-state index in [9.17, 15) is 18.8 Å². The third kappa shape index (κ3) is 5.42. The molecule has 0 aliphatic heterocycles. The molecular weight excluding hydrogens is 411 g/mol. The van der Waals surface area contributed by atoms with E-state index in [0.29, 0.717) is 16.9 Å². The number of hydrogen-bond donors (Lipinski definition) is 5. The van der Waals surface area contributed by atoms with Crippen molar-refractivity contribution in [2.24, 2.45) is 0 Å². The van der Waals surface area contributed by atoms with Crippen LogP contribution < -0.4 is 16.0 Å². The second-order valence-electron chi connectivity index (χ2n) is 6.26. The first-order chi connectivity index (χ1) is 14.9. The Morgan fingerprint density at radius 2 is 1.77 bits per heavy atom. The number of benzene rings is 2. The van der Waals surface area contributed by atoms with Crippen molar-refractivity contribution in [1.29, 1.82) is 0 Å². The maximum atomic E-state index is 13.6. The molecule has 1 heterocycles. The van der Waals surface area contributed by atoms with Crippen LogP contribution in [0, 0.1) is 5.82 Å². The highest BCUT2D eigenvalue weighted by Crippen LogP contribution is 2.22. The van der Waals surface area contributed by atoms with Crippen molar-refractivity contribution in [1.82, 2.24) is 10.5 Å². The van der Waals surface area contributed by atoms with Gasteiger partial charge in [-0.25, -0.2) is 14.0 Å². The number of para-hydroxylation sites is 1. The number of aromatic nitrogens is 1. The van der Waals surface area contributed by atoms with Gasteiger partial charge in [-0.1, -0.05) is 29.4 Å². The molecule has 1 atom stereocenters. The van der Waals surface area contributed by atoms with Gasteiger partial charge in [0.2, 0.25) is 5.76 Å².